The first-order valence-electron chi connectivity index (χ1n) is 5.32. The van der Waals surface area contributed by atoms with Crippen LogP contribution in [-0.4, -0.2) is 16.3 Å². The van der Waals surface area contributed by atoms with Crippen LogP contribution in [0.25, 0.3) is 0 Å². The van der Waals surface area contributed by atoms with Gasteiger partial charge in [-0.05, 0) is 30.7 Å². The van der Waals surface area contributed by atoms with E-state index in [-0.39, 0.29) is 5.82 Å². The molecule has 2 rings (SSSR count). The SMILES string of the molecule is Cc1cnn(CCNc2cc(F)cc(Cl)c2)c1. The summed E-state index contributed by atoms with van der Waals surface area (Å²) in [6.07, 6.45) is 3.76. The van der Waals surface area contributed by atoms with Crippen molar-refractivity contribution >= 4 is 17.3 Å². The largest absolute Gasteiger partial charge is 0.383 e. The van der Waals surface area contributed by atoms with Gasteiger partial charge in [0.2, 0.25) is 0 Å². The smallest absolute Gasteiger partial charge is 0.126 e. The molecule has 1 aromatic heterocycles. The number of benzene rings is 1. The highest BCUT2D eigenvalue weighted by Gasteiger charge is 1.99. The summed E-state index contributed by atoms with van der Waals surface area (Å²) in [5, 5.41) is 7.65. The zero-order valence-electron chi connectivity index (χ0n) is 9.45. The number of nitrogens with one attached hydrogen (secondary N) is 1. The fraction of sp³-hybridized carbons (Fsp3) is 0.250. The summed E-state index contributed by atoms with van der Waals surface area (Å²) in [7, 11) is 0. The van der Waals surface area contributed by atoms with Gasteiger partial charge in [0.1, 0.15) is 5.82 Å². The number of halogens is 2. The molecule has 0 saturated carbocycles. The molecule has 0 atom stereocenters. The van der Waals surface area contributed by atoms with E-state index in [1.165, 1.54) is 12.1 Å². The molecule has 0 spiro atoms. The minimum Gasteiger partial charge on any atom is -0.383 e. The molecule has 17 heavy (non-hydrogen) atoms. The first-order valence-corrected chi connectivity index (χ1v) is 5.70. The maximum Gasteiger partial charge on any atom is 0.126 e. The second-order valence-electron chi connectivity index (χ2n) is 3.87. The predicted octanol–water partition coefficient (Wildman–Crippen LogP) is 3.10. The monoisotopic (exact) mass is 253 g/mol. The Balaban J connectivity index is 1.89. The lowest BCUT2D eigenvalue weighted by Crippen LogP contribution is -2.10. The third kappa shape index (κ3) is 3.46. The molecule has 1 aromatic carbocycles. The van der Waals surface area contributed by atoms with Crippen molar-refractivity contribution < 1.29 is 4.39 Å². The lowest BCUT2D eigenvalue weighted by atomic mass is 10.3. The molecule has 0 aliphatic heterocycles. The third-order valence-corrected chi connectivity index (χ3v) is 2.51. The second-order valence-corrected chi connectivity index (χ2v) is 4.30. The highest BCUT2D eigenvalue weighted by molar-refractivity contribution is 6.30. The van der Waals surface area contributed by atoms with E-state index < -0.39 is 0 Å². The molecular weight excluding hydrogens is 241 g/mol. The third-order valence-electron chi connectivity index (χ3n) is 2.29. The van der Waals surface area contributed by atoms with E-state index in [1.807, 2.05) is 17.8 Å². The van der Waals surface area contributed by atoms with E-state index in [9.17, 15) is 4.39 Å². The van der Waals surface area contributed by atoms with Crippen LogP contribution >= 0.6 is 11.6 Å². The Labute approximate surface area is 104 Å². The minimum atomic E-state index is -0.338. The molecule has 1 heterocycles. The maximum atomic E-state index is 13.0. The van der Waals surface area contributed by atoms with Gasteiger partial charge in [-0.15, -0.1) is 0 Å². The molecule has 0 aliphatic rings. The van der Waals surface area contributed by atoms with Crippen molar-refractivity contribution in [3.63, 3.8) is 0 Å². The molecule has 0 saturated heterocycles. The van der Waals surface area contributed by atoms with E-state index in [0.717, 1.165) is 12.1 Å². The molecule has 0 amide bonds. The van der Waals surface area contributed by atoms with Gasteiger partial charge in [-0.1, -0.05) is 11.6 Å². The molecule has 0 bridgehead atoms. The molecule has 2 aromatic rings. The highest BCUT2D eigenvalue weighted by Crippen LogP contribution is 2.17. The van der Waals surface area contributed by atoms with Crippen molar-refractivity contribution in [1.29, 1.82) is 0 Å². The van der Waals surface area contributed by atoms with Crippen LogP contribution in [0.1, 0.15) is 5.56 Å². The summed E-state index contributed by atoms with van der Waals surface area (Å²) >= 11 is 5.75. The number of aryl methyl sites for hydroxylation is 1. The number of anilines is 1. The summed E-state index contributed by atoms with van der Waals surface area (Å²) in [6, 6.07) is 4.39. The van der Waals surface area contributed by atoms with Gasteiger partial charge in [0.15, 0.2) is 0 Å². The van der Waals surface area contributed by atoms with Gasteiger partial charge in [0, 0.05) is 23.5 Å². The Kier molecular flexibility index (Phi) is 3.64. The standard InChI is InChI=1S/C12H13ClFN3/c1-9-7-16-17(8-9)3-2-15-12-5-10(13)4-11(14)6-12/h4-8,15H,2-3H2,1H3. The van der Waals surface area contributed by atoms with E-state index in [0.29, 0.717) is 17.3 Å². The van der Waals surface area contributed by atoms with Crippen molar-refractivity contribution in [2.75, 3.05) is 11.9 Å². The zero-order chi connectivity index (χ0) is 12.3. The zero-order valence-corrected chi connectivity index (χ0v) is 10.2. The predicted molar refractivity (Wildman–Crippen MR) is 66.9 cm³/mol. The Morgan fingerprint density at radius 3 is 2.88 bits per heavy atom. The molecule has 1 N–H and O–H groups in total. The summed E-state index contributed by atoms with van der Waals surface area (Å²) < 4.78 is 14.9. The van der Waals surface area contributed by atoms with Crippen LogP contribution in [0.2, 0.25) is 5.02 Å². The van der Waals surface area contributed by atoms with Gasteiger partial charge in [-0.25, -0.2) is 4.39 Å². The molecule has 0 radical (unpaired) electrons. The van der Waals surface area contributed by atoms with Crippen LogP contribution in [0.5, 0.6) is 0 Å². The lowest BCUT2D eigenvalue weighted by Gasteiger charge is -2.07. The van der Waals surface area contributed by atoms with E-state index in [2.05, 4.69) is 10.4 Å². The van der Waals surface area contributed by atoms with Crippen LogP contribution in [0.3, 0.4) is 0 Å². The van der Waals surface area contributed by atoms with Crippen LogP contribution in [-0.2, 0) is 6.54 Å². The Morgan fingerprint density at radius 1 is 1.41 bits per heavy atom. The maximum absolute atomic E-state index is 13.0. The number of hydrogen-bond donors (Lipinski definition) is 1. The Morgan fingerprint density at radius 2 is 2.24 bits per heavy atom. The normalized spacial score (nSPS) is 10.5. The second kappa shape index (κ2) is 5.19. The Bertz CT molecular complexity index is 490. The van der Waals surface area contributed by atoms with Gasteiger partial charge < -0.3 is 5.32 Å². The topological polar surface area (TPSA) is 29.9 Å². The minimum absolute atomic E-state index is 0.338. The summed E-state index contributed by atoms with van der Waals surface area (Å²) in [4.78, 5) is 0. The highest BCUT2D eigenvalue weighted by atomic mass is 35.5. The fourth-order valence-corrected chi connectivity index (χ4v) is 1.78. The van der Waals surface area contributed by atoms with Gasteiger partial charge in [-0.3, -0.25) is 4.68 Å². The van der Waals surface area contributed by atoms with Gasteiger partial charge in [0.25, 0.3) is 0 Å². The van der Waals surface area contributed by atoms with Gasteiger partial charge >= 0.3 is 0 Å². The van der Waals surface area contributed by atoms with E-state index in [4.69, 9.17) is 11.6 Å². The number of rotatable bonds is 4. The van der Waals surface area contributed by atoms with E-state index >= 15 is 0 Å². The van der Waals surface area contributed by atoms with Crippen molar-refractivity contribution in [3.8, 4) is 0 Å². The summed E-state index contributed by atoms with van der Waals surface area (Å²) in [5.74, 6) is -0.338. The average Bonchev–Trinajstić information content (AvgIpc) is 2.63. The van der Waals surface area contributed by atoms with Crippen molar-refractivity contribution in [2.45, 2.75) is 13.5 Å². The first kappa shape index (κ1) is 11.9. The van der Waals surface area contributed by atoms with Crippen LogP contribution in [0, 0.1) is 12.7 Å². The lowest BCUT2D eigenvalue weighted by molar-refractivity contribution is 0.625. The summed E-state index contributed by atoms with van der Waals surface area (Å²) in [5.41, 5.74) is 1.80. The molecule has 0 fully saturated rings. The molecule has 90 valence electrons. The molecule has 0 aliphatic carbocycles. The fourth-order valence-electron chi connectivity index (χ4n) is 1.56. The van der Waals surface area contributed by atoms with Crippen LogP contribution in [0.15, 0.2) is 30.6 Å². The van der Waals surface area contributed by atoms with E-state index in [1.54, 1.807) is 12.3 Å². The van der Waals surface area contributed by atoms with Crippen molar-refractivity contribution in [2.24, 2.45) is 0 Å². The Hall–Kier alpha value is -1.55. The van der Waals surface area contributed by atoms with Gasteiger partial charge in [-0.2, -0.15) is 5.10 Å². The van der Waals surface area contributed by atoms with Crippen LogP contribution < -0.4 is 5.32 Å². The first-order chi connectivity index (χ1) is 8.13. The van der Waals surface area contributed by atoms with Crippen molar-refractivity contribution in [3.05, 3.63) is 47.0 Å². The van der Waals surface area contributed by atoms with Gasteiger partial charge in [0.05, 0.1) is 12.7 Å². The molecule has 0 unspecified atom stereocenters. The quantitative estimate of drug-likeness (QED) is 0.908. The number of hydrogen-bond acceptors (Lipinski definition) is 2. The van der Waals surface area contributed by atoms with Crippen molar-refractivity contribution in [1.82, 2.24) is 9.78 Å². The summed E-state index contributed by atoms with van der Waals surface area (Å²) in [6.45, 7) is 3.38. The molecule has 5 heteroatoms. The van der Waals surface area contributed by atoms with Crippen LogP contribution in [0.4, 0.5) is 10.1 Å². The number of aromatic nitrogens is 2. The average molecular weight is 254 g/mol. The number of nitrogens with zero attached hydrogens (tertiary/aromatic N) is 2. The molecular formula is C12H13ClFN3. The molecule has 3 nitrogen and oxygen atoms in total.